The molecule has 102 valence electrons. The van der Waals surface area contributed by atoms with E-state index in [0.29, 0.717) is 23.3 Å². The molecule has 0 aliphatic rings. The van der Waals surface area contributed by atoms with Crippen LogP contribution in [0.25, 0.3) is 11.0 Å². The maximum atomic E-state index is 11.1. The van der Waals surface area contributed by atoms with E-state index in [1.54, 1.807) is 23.9 Å². The Hall–Kier alpha value is -2.63. The van der Waals surface area contributed by atoms with Gasteiger partial charge in [-0.15, -0.1) is 0 Å². The highest BCUT2D eigenvalue weighted by Gasteiger charge is 2.13. The van der Waals surface area contributed by atoms with E-state index in [2.05, 4.69) is 10.1 Å². The first-order valence-electron chi connectivity index (χ1n) is 6.16. The third-order valence-corrected chi connectivity index (χ3v) is 3.13. The van der Waals surface area contributed by atoms with E-state index in [0.717, 1.165) is 11.5 Å². The average Bonchev–Trinajstić information content (AvgIpc) is 2.96. The van der Waals surface area contributed by atoms with Crippen LogP contribution in [-0.4, -0.2) is 25.8 Å². The molecule has 0 fully saturated rings. The van der Waals surface area contributed by atoms with Gasteiger partial charge in [0.2, 0.25) is 0 Å². The van der Waals surface area contributed by atoms with E-state index >= 15 is 0 Å². The largest absolute Gasteiger partial charge is 0.478 e. The molecule has 0 aliphatic carbocycles. The Bertz CT molecular complexity index is 801. The second-order valence-electron chi connectivity index (χ2n) is 4.65. The smallest absolute Gasteiger partial charge is 0.337 e. The fraction of sp³-hybridized carbons (Fsp3) is 0.214. The number of hydrogen-bond donors (Lipinski definition) is 1. The van der Waals surface area contributed by atoms with Crippen molar-refractivity contribution in [2.45, 2.75) is 20.4 Å². The molecule has 0 saturated carbocycles. The van der Waals surface area contributed by atoms with Gasteiger partial charge in [0.05, 0.1) is 17.5 Å². The lowest BCUT2D eigenvalue weighted by molar-refractivity contribution is 0.0696. The topological polar surface area (TPSA) is 81.2 Å². The first kappa shape index (κ1) is 12.4. The van der Waals surface area contributed by atoms with Gasteiger partial charge in [-0.05, 0) is 32.0 Å². The number of fused-ring (bicyclic) bond motifs is 1. The van der Waals surface area contributed by atoms with E-state index in [9.17, 15) is 4.79 Å². The maximum Gasteiger partial charge on any atom is 0.337 e. The lowest BCUT2D eigenvalue weighted by Gasteiger charge is -2.03. The van der Waals surface area contributed by atoms with Crippen LogP contribution in [0.15, 0.2) is 28.8 Å². The number of aromatic carboxylic acids is 1. The quantitative estimate of drug-likeness (QED) is 0.791. The molecule has 1 N–H and O–H groups in total. The number of rotatable bonds is 3. The fourth-order valence-electron chi connectivity index (χ4n) is 2.15. The zero-order valence-corrected chi connectivity index (χ0v) is 11.1. The third-order valence-electron chi connectivity index (χ3n) is 3.13. The predicted octanol–water partition coefficient (Wildman–Crippen LogP) is 2.39. The summed E-state index contributed by atoms with van der Waals surface area (Å²) in [4.78, 5) is 15.4. The van der Waals surface area contributed by atoms with E-state index < -0.39 is 5.97 Å². The Labute approximate surface area is 114 Å². The minimum atomic E-state index is -0.980. The summed E-state index contributed by atoms with van der Waals surface area (Å²) in [7, 11) is 0. The van der Waals surface area contributed by atoms with Crippen LogP contribution in [0.3, 0.4) is 0 Å². The van der Waals surface area contributed by atoms with Crippen molar-refractivity contribution in [3.05, 3.63) is 47.2 Å². The summed E-state index contributed by atoms with van der Waals surface area (Å²) in [5, 5.41) is 14.0. The molecule has 6 heteroatoms. The van der Waals surface area contributed by atoms with Gasteiger partial charge in [-0.25, -0.2) is 14.5 Å². The molecule has 6 nitrogen and oxygen atoms in total. The minimum absolute atomic E-state index is 0.200. The Morgan fingerprint density at radius 3 is 2.85 bits per heavy atom. The van der Waals surface area contributed by atoms with Gasteiger partial charge >= 0.3 is 5.97 Å². The molecule has 0 aromatic carbocycles. The molecule has 0 radical (unpaired) electrons. The molecule has 0 saturated heterocycles. The first-order chi connectivity index (χ1) is 9.54. The lowest BCUT2D eigenvalue weighted by Crippen LogP contribution is -2.05. The van der Waals surface area contributed by atoms with Crippen LogP contribution in [0.1, 0.15) is 27.6 Å². The van der Waals surface area contributed by atoms with Crippen LogP contribution in [0, 0.1) is 13.8 Å². The monoisotopic (exact) mass is 271 g/mol. The molecule has 3 aromatic heterocycles. The van der Waals surface area contributed by atoms with Gasteiger partial charge in [-0.3, -0.25) is 0 Å². The van der Waals surface area contributed by atoms with Gasteiger partial charge in [0.25, 0.3) is 0 Å². The number of hydrogen-bond acceptors (Lipinski definition) is 4. The Kier molecular flexibility index (Phi) is 2.78. The zero-order chi connectivity index (χ0) is 14.3. The number of carboxylic acids is 1. The van der Waals surface area contributed by atoms with Gasteiger partial charge in [-0.1, -0.05) is 0 Å². The number of furan rings is 1. The molecule has 0 atom stereocenters. The van der Waals surface area contributed by atoms with Crippen molar-refractivity contribution in [2.75, 3.05) is 0 Å². The summed E-state index contributed by atoms with van der Waals surface area (Å²) in [6.07, 6.45) is 1.62. The molecule has 0 amide bonds. The van der Waals surface area contributed by atoms with Gasteiger partial charge in [0.15, 0.2) is 5.65 Å². The molecule has 20 heavy (non-hydrogen) atoms. The normalized spacial score (nSPS) is 11.1. The summed E-state index contributed by atoms with van der Waals surface area (Å²) in [5.74, 6) is 0.648. The first-order valence-corrected chi connectivity index (χ1v) is 6.16. The summed E-state index contributed by atoms with van der Waals surface area (Å²) >= 11 is 0. The molecule has 3 heterocycles. The van der Waals surface area contributed by atoms with E-state index in [1.165, 1.54) is 0 Å². The second kappa shape index (κ2) is 4.48. The van der Waals surface area contributed by atoms with Crippen molar-refractivity contribution in [2.24, 2.45) is 0 Å². The number of aromatic nitrogens is 3. The van der Waals surface area contributed by atoms with Crippen LogP contribution >= 0.6 is 0 Å². The summed E-state index contributed by atoms with van der Waals surface area (Å²) in [5.41, 5.74) is 1.33. The third kappa shape index (κ3) is 2.05. The molecular formula is C14H13N3O3. The highest BCUT2D eigenvalue weighted by Crippen LogP contribution is 2.18. The summed E-state index contributed by atoms with van der Waals surface area (Å²) in [6.45, 7) is 4.03. The van der Waals surface area contributed by atoms with Crippen LogP contribution in [-0.2, 0) is 6.54 Å². The number of aryl methyl sites for hydroxylation is 2. The van der Waals surface area contributed by atoms with E-state index in [1.807, 2.05) is 19.1 Å². The lowest BCUT2D eigenvalue weighted by atomic mass is 10.2. The van der Waals surface area contributed by atoms with Crippen molar-refractivity contribution in [3.63, 3.8) is 0 Å². The van der Waals surface area contributed by atoms with Gasteiger partial charge in [-0.2, -0.15) is 5.10 Å². The van der Waals surface area contributed by atoms with Crippen LogP contribution in [0.2, 0.25) is 0 Å². The maximum absolute atomic E-state index is 11.1. The minimum Gasteiger partial charge on any atom is -0.478 e. The van der Waals surface area contributed by atoms with Crippen molar-refractivity contribution < 1.29 is 14.3 Å². The zero-order valence-electron chi connectivity index (χ0n) is 11.1. The standard InChI is InChI=1S/C14H13N3O3/c1-8-3-4-11(20-8)7-17-13-10(6-15-17)5-12(14(18)19)9(2)16-13/h3-6H,7H2,1-2H3,(H,18,19). The molecular weight excluding hydrogens is 258 g/mol. The number of carboxylic acid groups (broad SMARTS) is 1. The van der Waals surface area contributed by atoms with E-state index in [-0.39, 0.29) is 5.56 Å². The van der Waals surface area contributed by atoms with Crippen molar-refractivity contribution in [1.29, 1.82) is 0 Å². The summed E-state index contributed by atoms with van der Waals surface area (Å²) in [6, 6.07) is 5.38. The van der Waals surface area contributed by atoms with Crippen molar-refractivity contribution >= 4 is 17.0 Å². The Balaban J connectivity index is 2.05. The Morgan fingerprint density at radius 2 is 2.20 bits per heavy atom. The van der Waals surface area contributed by atoms with Gasteiger partial charge in [0.1, 0.15) is 18.1 Å². The Morgan fingerprint density at radius 1 is 1.40 bits per heavy atom. The highest BCUT2D eigenvalue weighted by atomic mass is 16.4. The van der Waals surface area contributed by atoms with Crippen LogP contribution < -0.4 is 0 Å². The van der Waals surface area contributed by atoms with E-state index in [4.69, 9.17) is 9.52 Å². The number of carbonyl (C=O) groups is 1. The second-order valence-corrected chi connectivity index (χ2v) is 4.65. The van der Waals surface area contributed by atoms with Crippen LogP contribution in [0.4, 0.5) is 0 Å². The molecule has 0 spiro atoms. The van der Waals surface area contributed by atoms with Gasteiger partial charge in [0, 0.05) is 5.39 Å². The van der Waals surface area contributed by atoms with Crippen molar-refractivity contribution in [1.82, 2.24) is 14.8 Å². The molecule has 3 aromatic rings. The molecule has 0 unspecified atom stereocenters. The predicted molar refractivity (Wildman–Crippen MR) is 71.8 cm³/mol. The highest BCUT2D eigenvalue weighted by molar-refractivity contribution is 5.93. The average molecular weight is 271 g/mol. The molecule has 0 aliphatic heterocycles. The molecule has 0 bridgehead atoms. The van der Waals surface area contributed by atoms with Crippen molar-refractivity contribution in [3.8, 4) is 0 Å². The SMILES string of the molecule is Cc1ccc(Cn2ncc3cc(C(=O)O)c(C)nc32)o1. The van der Waals surface area contributed by atoms with Gasteiger partial charge < -0.3 is 9.52 Å². The number of nitrogens with zero attached hydrogens (tertiary/aromatic N) is 3. The molecule has 3 rings (SSSR count). The van der Waals surface area contributed by atoms with Crippen LogP contribution in [0.5, 0.6) is 0 Å². The fourth-order valence-corrected chi connectivity index (χ4v) is 2.15. The number of pyridine rings is 1. The summed E-state index contributed by atoms with van der Waals surface area (Å²) < 4.78 is 7.22.